The first-order valence-electron chi connectivity index (χ1n) is 12.8. The summed E-state index contributed by atoms with van der Waals surface area (Å²) in [4.78, 5) is 39.4. The molecule has 2 N–H and O–H groups in total. The molecule has 1 fully saturated rings. The molecule has 0 bridgehead atoms. The fraction of sp³-hybridized carbons (Fsp3) is 0.500. The van der Waals surface area contributed by atoms with E-state index in [9.17, 15) is 19.5 Å². The second-order valence-corrected chi connectivity index (χ2v) is 10.9. The van der Waals surface area contributed by atoms with Crippen molar-refractivity contribution in [2.75, 3.05) is 0 Å². The molecule has 1 heterocycles. The van der Waals surface area contributed by atoms with Crippen molar-refractivity contribution >= 4 is 17.7 Å². The third kappa shape index (κ3) is 4.47. The Kier molecular flexibility index (Phi) is 7.11. The highest BCUT2D eigenvalue weighted by Crippen LogP contribution is 2.56. The third-order valence-electron chi connectivity index (χ3n) is 8.38. The SMILES string of the molecule is CC(=O)O[C@@H]1C=C[C@@](C)(O)C(=O)[C@@H](C)CC=C[C@H]2C=C(C)[C@@H](C)[C@H]3[C@H](Cc4ccccc4)NC(=O)[C@@]231. The maximum atomic E-state index is 14.1. The number of rotatable bonds is 3. The fourth-order valence-electron chi connectivity index (χ4n) is 6.50. The van der Waals surface area contributed by atoms with Crippen LogP contribution in [0.15, 0.2) is 66.3 Å². The second-order valence-electron chi connectivity index (χ2n) is 10.9. The molecule has 0 radical (unpaired) electrons. The van der Waals surface area contributed by atoms with Crippen molar-refractivity contribution in [3.05, 3.63) is 71.8 Å². The van der Waals surface area contributed by atoms with Gasteiger partial charge in [0.25, 0.3) is 0 Å². The molecule has 192 valence electrons. The second kappa shape index (κ2) is 9.81. The van der Waals surface area contributed by atoms with E-state index in [-0.39, 0.29) is 35.5 Å². The Bertz CT molecular complexity index is 1120. The van der Waals surface area contributed by atoms with E-state index in [1.807, 2.05) is 30.4 Å². The molecule has 36 heavy (non-hydrogen) atoms. The van der Waals surface area contributed by atoms with Crippen molar-refractivity contribution in [2.45, 2.75) is 65.2 Å². The molecular weight excluding hydrogens is 454 g/mol. The fourth-order valence-corrected chi connectivity index (χ4v) is 6.50. The Morgan fingerprint density at radius 3 is 2.53 bits per heavy atom. The summed E-state index contributed by atoms with van der Waals surface area (Å²) in [6, 6.07) is 9.87. The number of benzene rings is 1. The van der Waals surface area contributed by atoms with Gasteiger partial charge in [-0.2, -0.15) is 0 Å². The van der Waals surface area contributed by atoms with Crippen LogP contribution in [0.5, 0.6) is 0 Å². The number of ether oxygens (including phenoxy) is 1. The van der Waals surface area contributed by atoms with Gasteiger partial charge in [-0.15, -0.1) is 0 Å². The Labute approximate surface area is 213 Å². The highest BCUT2D eigenvalue weighted by Gasteiger charge is 2.65. The van der Waals surface area contributed by atoms with Crippen LogP contribution in [-0.2, 0) is 25.5 Å². The van der Waals surface area contributed by atoms with Crippen molar-refractivity contribution in [1.82, 2.24) is 5.32 Å². The van der Waals surface area contributed by atoms with E-state index in [4.69, 9.17) is 4.74 Å². The minimum absolute atomic E-state index is 0.0416. The molecule has 1 amide bonds. The predicted octanol–water partition coefficient (Wildman–Crippen LogP) is 3.95. The van der Waals surface area contributed by atoms with Gasteiger partial charge in [0.15, 0.2) is 5.78 Å². The van der Waals surface area contributed by atoms with Crippen LogP contribution in [0.4, 0.5) is 0 Å². The van der Waals surface area contributed by atoms with Crippen LogP contribution in [-0.4, -0.2) is 40.5 Å². The number of esters is 1. The van der Waals surface area contributed by atoms with Crippen molar-refractivity contribution in [2.24, 2.45) is 29.1 Å². The number of carbonyl (C=O) groups is 3. The molecule has 1 aromatic rings. The van der Waals surface area contributed by atoms with Gasteiger partial charge in [-0.1, -0.05) is 68.0 Å². The Morgan fingerprint density at radius 2 is 1.86 bits per heavy atom. The van der Waals surface area contributed by atoms with Crippen LogP contribution in [0.1, 0.15) is 46.6 Å². The minimum atomic E-state index is -1.75. The van der Waals surface area contributed by atoms with Crippen LogP contribution in [0.25, 0.3) is 0 Å². The molecule has 1 aliphatic heterocycles. The number of aliphatic hydroxyl groups is 1. The largest absolute Gasteiger partial charge is 0.457 e. The van der Waals surface area contributed by atoms with Gasteiger partial charge in [0.05, 0.1) is 0 Å². The zero-order chi connectivity index (χ0) is 26.3. The summed E-state index contributed by atoms with van der Waals surface area (Å²) in [5.74, 6) is -1.91. The van der Waals surface area contributed by atoms with Gasteiger partial charge in [-0.05, 0) is 50.3 Å². The zero-order valence-corrected chi connectivity index (χ0v) is 21.7. The molecule has 6 heteroatoms. The standard InChI is InChI=1S/C30H37NO5/c1-18-10-9-13-23-16-19(2)20(3)26-24(17-22-11-7-6-8-12-22)31-28(34)30(23,26)25(36-21(4)32)14-15-29(5,35)27(18)33/h6-9,11-16,18,20,23-26,35H,10,17H2,1-5H3,(H,31,34)/t18-,20+,23-,24-,25+,26-,29+,30+/m0/s1. The molecule has 4 rings (SSSR count). The molecule has 6 nitrogen and oxygen atoms in total. The normalized spacial score (nSPS) is 38.3. The lowest BCUT2D eigenvalue weighted by Crippen LogP contribution is -2.55. The monoisotopic (exact) mass is 491 g/mol. The number of amides is 1. The first-order valence-corrected chi connectivity index (χ1v) is 12.8. The summed E-state index contributed by atoms with van der Waals surface area (Å²) in [6.07, 6.45) is 9.12. The lowest BCUT2D eigenvalue weighted by Gasteiger charge is -2.48. The van der Waals surface area contributed by atoms with Crippen LogP contribution in [0.3, 0.4) is 0 Å². The van der Waals surface area contributed by atoms with Crippen LogP contribution in [0, 0.1) is 29.1 Å². The first kappa shape index (κ1) is 26.1. The summed E-state index contributed by atoms with van der Waals surface area (Å²) < 4.78 is 5.87. The number of carbonyl (C=O) groups excluding carboxylic acids is 3. The molecule has 2 aliphatic carbocycles. The number of ketones is 1. The lowest BCUT2D eigenvalue weighted by molar-refractivity contribution is -0.159. The number of nitrogens with one attached hydrogen (secondary N) is 1. The van der Waals surface area contributed by atoms with Gasteiger partial charge in [0.2, 0.25) is 5.91 Å². The Balaban J connectivity index is 1.92. The van der Waals surface area contributed by atoms with E-state index in [2.05, 4.69) is 37.4 Å². The van der Waals surface area contributed by atoms with Crippen molar-refractivity contribution in [3.8, 4) is 0 Å². The zero-order valence-electron chi connectivity index (χ0n) is 21.7. The molecule has 3 aliphatic rings. The van der Waals surface area contributed by atoms with Crippen molar-refractivity contribution in [1.29, 1.82) is 0 Å². The molecule has 0 saturated carbocycles. The molecule has 1 aromatic carbocycles. The molecule has 1 saturated heterocycles. The quantitative estimate of drug-likeness (QED) is 0.494. The minimum Gasteiger partial charge on any atom is -0.457 e. The van der Waals surface area contributed by atoms with Crippen LogP contribution in [0.2, 0.25) is 0 Å². The lowest BCUT2D eigenvalue weighted by atomic mass is 9.54. The molecule has 0 aromatic heterocycles. The van der Waals surface area contributed by atoms with Crippen LogP contribution < -0.4 is 5.32 Å². The van der Waals surface area contributed by atoms with Crippen molar-refractivity contribution < 1.29 is 24.2 Å². The molecule has 0 unspecified atom stereocenters. The van der Waals surface area contributed by atoms with Gasteiger partial charge in [-0.25, -0.2) is 0 Å². The highest BCUT2D eigenvalue weighted by atomic mass is 16.5. The van der Waals surface area contributed by atoms with E-state index in [1.165, 1.54) is 25.5 Å². The predicted molar refractivity (Wildman–Crippen MR) is 138 cm³/mol. The number of hydrogen-bond donors (Lipinski definition) is 2. The topological polar surface area (TPSA) is 92.7 Å². The van der Waals surface area contributed by atoms with Crippen LogP contribution >= 0.6 is 0 Å². The van der Waals surface area contributed by atoms with E-state index in [0.29, 0.717) is 12.8 Å². The number of Topliss-reactive ketones (excluding diaryl/α,β-unsaturated/α-hetero) is 1. The number of hydrogen-bond acceptors (Lipinski definition) is 5. The summed E-state index contributed by atoms with van der Waals surface area (Å²) in [6.45, 7) is 8.77. The van der Waals surface area contributed by atoms with E-state index >= 15 is 0 Å². The van der Waals surface area contributed by atoms with E-state index in [0.717, 1.165) is 5.56 Å². The molecule has 1 spiro atoms. The maximum Gasteiger partial charge on any atom is 0.303 e. The Morgan fingerprint density at radius 1 is 1.17 bits per heavy atom. The number of allylic oxidation sites excluding steroid dienone is 4. The smallest absolute Gasteiger partial charge is 0.303 e. The maximum absolute atomic E-state index is 14.1. The average Bonchev–Trinajstić information content (AvgIpc) is 3.11. The van der Waals surface area contributed by atoms with Crippen molar-refractivity contribution in [3.63, 3.8) is 0 Å². The van der Waals surface area contributed by atoms with Gasteiger partial charge in [0, 0.05) is 30.7 Å². The molecular formula is C30H37NO5. The van der Waals surface area contributed by atoms with E-state index < -0.39 is 29.0 Å². The average molecular weight is 492 g/mol. The summed E-state index contributed by atoms with van der Waals surface area (Å²) >= 11 is 0. The van der Waals surface area contributed by atoms with Gasteiger partial charge in [0.1, 0.15) is 17.1 Å². The summed E-state index contributed by atoms with van der Waals surface area (Å²) in [7, 11) is 0. The van der Waals surface area contributed by atoms with E-state index in [1.54, 1.807) is 13.0 Å². The van der Waals surface area contributed by atoms with Gasteiger partial charge in [-0.3, -0.25) is 14.4 Å². The highest BCUT2D eigenvalue weighted by molar-refractivity contribution is 5.91. The summed E-state index contributed by atoms with van der Waals surface area (Å²) in [5.41, 5.74) is -0.576. The van der Waals surface area contributed by atoms with Gasteiger partial charge >= 0.3 is 5.97 Å². The summed E-state index contributed by atoms with van der Waals surface area (Å²) in [5, 5.41) is 14.3. The first-order chi connectivity index (χ1) is 17.0. The molecule has 8 atom stereocenters. The van der Waals surface area contributed by atoms with Gasteiger partial charge < -0.3 is 15.2 Å². The third-order valence-corrected chi connectivity index (χ3v) is 8.38. The Hall–Kier alpha value is -2.99.